The van der Waals surface area contributed by atoms with Gasteiger partial charge in [-0.2, -0.15) is 5.26 Å². The van der Waals surface area contributed by atoms with Crippen molar-refractivity contribution in [2.75, 3.05) is 0 Å². The predicted molar refractivity (Wildman–Crippen MR) is 124 cm³/mol. The fourth-order valence-corrected chi connectivity index (χ4v) is 4.53. The van der Waals surface area contributed by atoms with Crippen LogP contribution in [0.25, 0.3) is 49.5 Å². The smallest absolute Gasteiger partial charge is 0.198 e. The summed E-state index contributed by atoms with van der Waals surface area (Å²) in [5.41, 5.74) is 1.98. The Morgan fingerprint density at radius 3 is 2.06 bits per heavy atom. The van der Waals surface area contributed by atoms with Crippen LogP contribution < -0.4 is 0 Å². The van der Waals surface area contributed by atoms with E-state index in [1.54, 1.807) is 24.3 Å². The van der Waals surface area contributed by atoms with E-state index in [0.717, 1.165) is 27.5 Å². The quantitative estimate of drug-likeness (QED) is 0.159. The van der Waals surface area contributed by atoms with E-state index < -0.39 is 39.7 Å². The molecule has 0 bridgehead atoms. The number of nitriles is 1. The Morgan fingerprint density at radius 2 is 1.31 bits per heavy atom. The highest BCUT2D eigenvalue weighted by Crippen LogP contribution is 2.38. The third-order valence-corrected chi connectivity index (χ3v) is 6.06. The summed E-state index contributed by atoms with van der Waals surface area (Å²) in [5, 5.41) is 17.3. The minimum absolute atomic E-state index is 0.207. The molecule has 2 heterocycles. The van der Waals surface area contributed by atoms with Gasteiger partial charge in [0.2, 0.25) is 0 Å². The molecule has 6 aromatic rings. The van der Waals surface area contributed by atoms with Gasteiger partial charge in [-0.1, -0.05) is 48.5 Å². The van der Waals surface area contributed by atoms with Gasteiger partial charge in [0.15, 0.2) is 29.0 Å². The number of nitrogens with zero attached hydrogens (tertiary/aromatic N) is 4. The second kappa shape index (κ2) is 7.64. The van der Waals surface area contributed by atoms with Crippen LogP contribution in [0.1, 0.15) is 5.69 Å². The van der Waals surface area contributed by atoms with Crippen molar-refractivity contribution in [2.45, 2.75) is 0 Å². The predicted octanol–water partition coefficient (Wildman–Crippen LogP) is 6.82. The van der Waals surface area contributed by atoms with Crippen LogP contribution in [-0.4, -0.2) is 14.8 Å². The number of rotatable bonds is 2. The van der Waals surface area contributed by atoms with Gasteiger partial charge in [-0.15, -0.1) is 10.2 Å². The number of benzene rings is 4. The van der Waals surface area contributed by atoms with Gasteiger partial charge in [0.05, 0.1) is 21.8 Å². The molecular weight excluding hydrogens is 456 g/mol. The van der Waals surface area contributed by atoms with Crippen LogP contribution in [0, 0.1) is 34.6 Å². The molecule has 0 unspecified atom stereocenters. The molecule has 0 radical (unpaired) electrons. The molecule has 6 rings (SSSR count). The van der Waals surface area contributed by atoms with Gasteiger partial charge >= 0.3 is 0 Å². The number of hydrogen-bond acceptors (Lipinski definition) is 3. The van der Waals surface area contributed by atoms with Gasteiger partial charge in [-0.3, -0.25) is 0 Å². The SMILES string of the molecule is N#Cc1nnc(-c2ccc3c4ccccc4n(-c4ccccc4)c3c2)c2c(F)c(F)c(F)c(F)c12. The Labute approximate surface area is 195 Å². The van der Waals surface area contributed by atoms with Crippen LogP contribution in [0.4, 0.5) is 17.6 Å². The average molecular weight is 468 g/mol. The van der Waals surface area contributed by atoms with Crippen LogP contribution in [-0.2, 0) is 0 Å². The number of aromatic nitrogens is 3. The van der Waals surface area contributed by atoms with Crippen LogP contribution >= 0.6 is 0 Å². The van der Waals surface area contributed by atoms with Crippen molar-refractivity contribution in [3.63, 3.8) is 0 Å². The lowest BCUT2D eigenvalue weighted by atomic mass is 10.0. The molecule has 4 nitrogen and oxygen atoms in total. The molecule has 0 atom stereocenters. The molecular formula is C27H12F4N4. The van der Waals surface area contributed by atoms with Crippen molar-refractivity contribution in [3.8, 4) is 23.0 Å². The number of hydrogen-bond donors (Lipinski definition) is 0. The Morgan fingerprint density at radius 1 is 0.657 bits per heavy atom. The molecule has 8 heteroatoms. The number of fused-ring (bicyclic) bond motifs is 4. The van der Waals surface area contributed by atoms with Gasteiger partial charge in [0, 0.05) is 22.0 Å². The summed E-state index contributed by atoms with van der Waals surface area (Å²) >= 11 is 0. The largest absolute Gasteiger partial charge is 0.309 e. The first-order valence-electron chi connectivity index (χ1n) is 10.5. The zero-order valence-electron chi connectivity index (χ0n) is 17.7. The summed E-state index contributed by atoms with van der Waals surface area (Å²) in [7, 11) is 0. The Balaban J connectivity index is 1.74. The fraction of sp³-hybridized carbons (Fsp3) is 0. The molecule has 0 saturated carbocycles. The van der Waals surface area contributed by atoms with Crippen LogP contribution in [0.15, 0.2) is 72.8 Å². The third kappa shape index (κ3) is 2.91. The van der Waals surface area contributed by atoms with E-state index in [1.165, 1.54) is 0 Å². The van der Waals surface area contributed by atoms with E-state index in [4.69, 9.17) is 0 Å². The minimum Gasteiger partial charge on any atom is -0.309 e. The highest BCUT2D eigenvalue weighted by Gasteiger charge is 2.27. The molecule has 0 spiro atoms. The maximum absolute atomic E-state index is 15.0. The molecule has 0 N–H and O–H groups in total. The maximum Gasteiger partial charge on any atom is 0.198 e. The first-order valence-corrected chi connectivity index (χ1v) is 10.5. The molecule has 0 amide bonds. The lowest BCUT2D eigenvalue weighted by molar-refractivity contribution is 0.417. The van der Waals surface area contributed by atoms with Gasteiger partial charge in [-0.25, -0.2) is 17.6 Å². The first-order chi connectivity index (χ1) is 17.0. The molecule has 168 valence electrons. The van der Waals surface area contributed by atoms with Gasteiger partial charge < -0.3 is 4.57 Å². The van der Waals surface area contributed by atoms with Crippen molar-refractivity contribution in [1.82, 2.24) is 14.8 Å². The zero-order chi connectivity index (χ0) is 24.3. The normalized spacial score (nSPS) is 11.4. The van der Waals surface area contributed by atoms with Gasteiger partial charge in [0.1, 0.15) is 11.8 Å². The standard InChI is InChI=1S/C27H12F4N4/c28-23-21-18(13-32)33-34-27(22(21)24(29)26(31)25(23)30)14-10-11-17-16-8-4-5-9-19(16)35(20(17)12-14)15-6-2-1-3-7-15/h1-12H. The second-order valence-corrected chi connectivity index (χ2v) is 7.93. The maximum atomic E-state index is 15.0. The summed E-state index contributed by atoms with van der Waals surface area (Å²) in [5.74, 6) is -7.31. The van der Waals surface area contributed by atoms with Crippen molar-refractivity contribution >= 4 is 32.6 Å². The summed E-state index contributed by atoms with van der Waals surface area (Å²) in [6.07, 6.45) is 0. The molecule has 2 aromatic heterocycles. The molecule has 0 aliphatic heterocycles. The fourth-order valence-electron chi connectivity index (χ4n) is 4.53. The van der Waals surface area contributed by atoms with E-state index >= 15 is 0 Å². The van der Waals surface area contributed by atoms with E-state index in [-0.39, 0.29) is 5.69 Å². The topological polar surface area (TPSA) is 54.5 Å². The number of halogens is 4. The molecule has 4 aromatic carbocycles. The second-order valence-electron chi connectivity index (χ2n) is 7.93. The van der Waals surface area contributed by atoms with E-state index in [9.17, 15) is 22.8 Å². The number of para-hydroxylation sites is 2. The zero-order valence-corrected chi connectivity index (χ0v) is 17.7. The molecule has 35 heavy (non-hydrogen) atoms. The van der Waals surface area contributed by atoms with Gasteiger partial charge in [-0.05, 0) is 24.3 Å². The lowest BCUT2D eigenvalue weighted by Crippen LogP contribution is -2.05. The van der Waals surface area contributed by atoms with E-state index in [0.29, 0.717) is 5.56 Å². The van der Waals surface area contributed by atoms with Crippen LogP contribution in [0.5, 0.6) is 0 Å². The summed E-state index contributed by atoms with van der Waals surface area (Å²) in [4.78, 5) is 0. The van der Waals surface area contributed by atoms with Crippen molar-refractivity contribution in [1.29, 1.82) is 5.26 Å². The van der Waals surface area contributed by atoms with Crippen molar-refractivity contribution in [3.05, 3.63) is 102 Å². The highest BCUT2D eigenvalue weighted by atomic mass is 19.2. The summed E-state index contributed by atoms with van der Waals surface area (Å²) in [6.45, 7) is 0. The van der Waals surface area contributed by atoms with Gasteiger partial charge in [0.25, 0.3) is 0 Å². The van der Waals surface area contributed by atoms with E-state index in [2.05, 4.69) is 10.2 Å². The van der Waals surface area contributed by atoms with E-state index in [1.807, 2.05) is 59.2 Å². The summed E-state index contributed by atoms with van der Waals surface area (Å²) < 4.78 is 59.8. The Hall–Kier alpha value is -4.77. The Bertz CT molecular complexity index is 1850. The van der Waals surface area contributed by atoms with Crippen LogP contribution in [0.3, 0.4) is 0 Å². The Kier molecular flexibility index (Phi) is 4.54. The molecule has 0 aliphatic carbocycles. The van der Waals surface area contributed by atoms with Crippen molar-refractivity contribution in [2.24, 2.45) is 0 Å². The lowest BCUT2D eigenvalue weighted by Gasteiger charge is -2.11. The average Bonchev–Trinajstić information content (AvgIpc) is 3.24. The summed E-state index contributed by atoms with van der Waals surface area (Å²) in [6, 6.07) is 24.0. The minimum atomic E-state index is -2.01. The van der Waals surface area contributed by atoms with Crippen LogP contribution in [0.2, 0.25) is 0 Å². The first kappa shape index (κ1) is 20.8. The highest BCUT2D eigenvalue weighted by molar-refractivity contribution is 6.11. The molecule has 0 fully saturated rings. The molecule has 0 aliphatic rings. The molecule has 0 saturated heterocycles. The third-order valence-electron chi connectivity index (χ3n) is 6.06. The monoisotopic (exact) mass is 468 g/mol. The van der Waals surface area contributed by atoms with Crippen molar-refractivity contribution < 1.29 is 17.6 Å².